The molecule has 5 nitrogen and oxygen atoms in total. The van der Waals surface area contributed by atoms with Crippen molar-refractivity contribution in [2.45, 2.75) is 76.8 Å². The summed E-state index contributed by atoms with van der Waals surface area (Å²) in [6.45, 7) is 7.15. The summed E-state index contributed by atoms with van der Waals surface area (Å²) in [5.41, 5.74) is 0.173. The van der Waals surface area contributed by atoms with E-state index >= 15 is 0 Å². The van der Waals surface area contributed by atoms with Crippen molar-refractivity contribution < 1.29 is 23.7 Å². The Morgan fingerprint density at radius 3 is 2.28 bits per heavy atom. The summed E-state index contributed by atoms with van der Waals surface area (Å²) in [6, 6.07) is 0. The average Bonchev–Trinajstić information content (AvgIpc) is 2.99. The maximum Gasteiger partial charge on any atom is 0.229 e. The zero-order valence-electron chi connectivity index (χ0n) is 18.0. The van der Waals surface area contributed by atoms with Crippen LogP contribution in [0.25, 0.3) is 0 Å². The molecule has 4 aliphatic carbocycles. The normalized spacial score (nSPS) is 58.9. The SMILES string of the molecule is C[C@]12CCCCC1[C@@H](C=O)C[C@@H]1[C@@H]2CC[C@@]2(C)[C@H]1CC13OCCOC12OCCO3. The molecule has 2 saturated heterocycles. The van der Waals surface area contributed by atoms with Crippen LogP contribution in [0, 0.1) is 40.4 Å². The molecule has 162 valence electrons. The Balaban J connectivity index is 1.43. The fraction of sp³-hybridized carbons (Fsp3) is 0.958. The van der Waals surface area contributed by atoms with Gasteiger partial charge in [-0.15, -0.1) is 0 Å². The molecule has 4 saturated carbocycles. The van der Waals surface area contributed by atoms with Crippen molar-refractivity contribution in [2.75, 3.05) is 26.4 Å². The van der Waals surface area contributed by atoms with Crippen LogP contribution < -0.4 is 0 Å². The van der Waals surface area contributed by atoms with E-state index in [9.17, 15) is 4.79 Å². The van der Waals surface area contributed by atoms with Crippen LogP contribution in [0.5, 0.6) is 0 Å². The van der Waals surface area contributed by atoms with E-state index in [0.29, 0.717) is 55.5 Å². The summed E-state index contributed by atoms with van der Waals surface area (Å²) in [5, 5.41) is 0. The molecular formula is C24H36O5. The third-order valence-corrected chi connectivity index (χ3v) is 10.4. The van der Waals surface area contributed by atoms with Gasteiger partial charge in [0.25, 0.3) is 0 Å². The molecule has 0 N–H and O–H groups in total. The number of fused-ring (bicyclic) bond motifs is 5. The lowest BCUT2D eigenvalue weighted by atomic mass is 9.43. The zero-order chi connectivity index (χ0) is 19.9. The fourth-order valence-electron chi connectivity index (χ4n) is 9.30. The monoisotopic (exact) mass is 404 g/mol. The van der Waals surface area contributed by atoms with Crippen LogP contribution in [0.1, 0.15) is 65.2 Å². The summed E-state index contributed by atoms with van der Waals surface area (Å²) in [7, 11) is 0. The third kappa shape index (κ3) is 2.19. The molecule has 6 aliphatic rings. The quantitative estimate of drug-likeness (QED) is 0.620. The van der Waals surface area contributed by atoms with E-state index in [0.717, 1.165) is 19.3 Å². The van der Waals surface area contributed by atoms with Gasteiger partial charge in [0.15, 0.2) is 0 Å². The second kappa shape index (κ2) is 6.27. The highest BCUT2D eigenvalue weighted by Gasteiger charge is 2.79. The highest BCUT2D eigenvalue weighted by Crippen LogP contribution is 2.73. The molecule has 0 radical (unpaired) electrons. The molecule has 0 amide bonds. The van der Waals surface area contributed by atoms with Crippen molar-refractivity contribution in [2.24, 2.45) is 40.4 Å². The molecule has 29 heavy (non-hydrogen) atoms. The minimum absolute atomic E-state index is 0.125. The van der Waals surface area contributed by atoms with E-state index in [1.165, 1.54) is 38.4 Å². The molecule has 0 aromatic heterocycles. The first-order chi connectivity index (χ1) is 14.0. The zero-order valence-corrected chi connectivity index (χ0v) is 18.0. The number of rotatable bonds is 1. The minimum Gasteiger partial charge on any atom is -0.343 e. The topological polar surface area (TPSA) is 54.0 Å². The Bertz CT molecular complexity index is 681. The van der Waals surface area contributed by atoms with Crippen LogP contribution in [-0.4, -0.2) is 44.3 Å². The molecule has 0 aromatic carbocycles. The molecule has 6 rings (SSSR count). The molecule has 5 heteroatoms. The van der Waals surface area contributed by atoms with Gasteiger partial charge in [-0.2, -0.15) is 0 Å². The number of carbonyl (C=O) groups excluding carboxylic acids is 1. The Morgan fingerprint density at radius 2 is 1.55 bits per heavy atom. The summed E-state index contributed by atoms with van der Waals surface area (Å²) < 4.78 is 25.7. The maximum atomic E-state index is 12.2. The summed E-state index contributed by atoms with van der Waals surface area (Å²) in [4.78, 5) is 12.2. The van der Waals surface area contributed by atoms with Gasteiger partial charge in [0.1, 0.15) is 6.29 Å². The third-order valence-electron chi connectivity index (χ3n) is 10.4. The van der Waals surface area contributed by atoms with Crippen molar-refractivity contribution in [3.8, 4) is 0 Å². The first-order valence-electron chi connectivity index (χ1n) is 12.0. The number of carbonyl (C=O) groups is 1. The van der Waals surface area contributed by atoms with Crippen molar-refractivity contribution in [3.63, 3.8) is 0 Å². The molecule has 1 unspecified atom stereocenters. The number of hydrogen-bond donors (Lipinski definition) is 0. The summed E-state index contributed by atoms with van der Waals surface area (Å²) in [6.07, 6.45) is 10.6. The van der Waals surface area contributed by atoms with Crippen LogP contribution in [0.2, 0.25) is 0 Å². The Hall–Kier alpha value is -0.490. The largest absolute Gasteiger partial charge is 0.343 e. The Labute approximate surface area is 174 Å². The van der Waals surface area contributed by atoms with E-state index in [4.69, 9.17) is 18.9 Å². The predicted molar refractivity (Wildman–Crippen MR) is 106 cm³/mol. The van der Waals surface area contributed by atoms with Gasteiger partial charge < -0.3 is 23.7 Å². The maximum absolute atomic E-state index is 12.2. The van der Waals surface area contributed by atoms with E-state index < -0.39 is 11.6 Å². The molecule has 2 aliphatic heterocycles. The van der Waals surface area contributed by atoms with E-state index in [1.807, 2.05) is 0 Å². The number of hydrogen-bond acceptors (Lipinski definition) is 5. The van der Waals surface area contributed by atoms with E-state index in [2.05, 4.69) is 13.8 Å². The lowest BCUT2D eigenvalue weighted by molar-refractivity contribution is -0.474. The van der Waals surface area contributed by atoms with Gasteiger partial charge in [0.05, 0.1) is 26.4 Å². The van der Waals surface area contributed by atoms with E-state index in [-0.39, 0.29) is 11.3 Å². The van der Waals surface area contributed by atoms with Gasteiger partial charge in [-0.05, 0) is 61.2 Å². The smallest absolute Gasteiger partial charge is 0.229 e. The molecule has 0 aromatic rings. The molecule has 0 bridgehead atoms. The van der Waals surface area contributed by atoms with Gasteiger partial charge in [-0.25, -0.2) is 0 Å². The van der Waals surface area contributed by atoms with Gasteiger partial charge in [-0.1, -0.05) is 26.7 Å². The first kappa shape index (κ1) is 19.2. The molecule has 7 atom stereocenters. The van der Waals surface area contributed by atoms with Gasteiger partial charge in [0.2, 0.25) is 11.6 Å². The van der Waals surface area contributed by atoms with Crippen molar-refractivity contribution in [1.82, 2.24) is 0 Å². The first-order valence-corrected chi connectivity index (χ1v) is 12.0. The predicted octanol–water partition coefficient (Wildman–Crippen LogP) is 3.94. The van der Waals surface area contributed by atoms with Gasteiger partial charge in [-0.3, -0.25) is 0 Å². The van der Waals surface area contributed by atoms with E-state index in [1.54, 1.807) is 0 Å². The molecule has 0 spiro atoms. The lowest BCUT2D eigenvalue weighted by Crippen LogP contribution is -2.70. The summed E-state index contributed by atoms with van der Waals surface area (Å²) in [5.74, 6) is 0.858. The summed E-state index contributed by atoms with van der Waals surface area (Å²) >= 11 is 0. The second-order valence-electron chi connectivity index (χ2n) is 11.2. The fourth-order valence-corrected chi connectivity index (χ4v) is 9.30. The standard InChI is InChI=1S/C24H36O5/c1-21-7-4-3-5-18(21)16(15-25)13-17-19(21)6-8-22(2)20(17)14-23-24(22,28-11-9-26-23)29-12-10-27-23/h15-20H,3-14H2,1-2H3/t16-,17-,18?,19+,20+,21+,22+,23?,24?/m1/s1. The number of aldehydes is 1. The molecule has 2 heterocycles. The van der Waals surface area contributed by atoms with Crippen molar-refractivity contribution in [3.05, 3.63) is 0 Å². The van der Waals surface area contributed by atoms with Crippen molar-refractivity contribution >= 4 is 6.29 Å². The number of ether oxygens (including phenoxy) is 4. The highest BCUT2D eigenvalue weighted by molar-refractivity contribution is 5.55. The lowest BCUT2D eigenvalue weighted by Gasteiger charge is -2.63. The van der Waals surface area contributed by atoms with Crippen LogP contribution >= 0.6 is 0 Å². The van der Waals surface area contributed by atoms with Gasteiger partial charge >= 0.3 is 0 Å². The van der Waals surface area contributed by atoms with Crippen LogP contribution in [0.3, 0.4) is 0 Å². The highest BCUT2D eigenvalue weighted by atomic mass is 16.8. The molecular weight excluding hydrogens is 368 g/mol. The Kier molecular flexibility index (Phi) is 4.16. The minimum atomic E-state index is -0.785. The van der Waals surface area contributed by atoms with Crippen LogP contribution in [0.15, 0.2) is 0 Å². The van der Waals surface area contributed by atoms with Crippen LogP contribution in [0.4, 0.5) is 0 Å². The average molecular weight is 405 g/mol. The van der Waals surface area contributed by atoms with Gasteiger partial charge in [0, 0.05) is 17.8 Å². The second-order valence-corrected chi connectivity index (χ2v) is 11.2. The molecule has 6 fully saturated rings. The Morgan fingerprint density at radius 1 is 0.828 bits per heavy atom. The van der Waals surface area contributed by atoms with Crippen LogP contribution in [-0.2, 0) is 23.7 Å². The van der Waals surface area contributed by atoms with Crippen molar-refractivity contribution in [1.29, 1.82) is 0 Å².